The summed E-state index contributed by atoms with van der Waals surface area (Å²) < 4.78 is 0.600. The van der Waals surface area contributed by atoms with E-state index in [1.807, 2.05) is 35.3 Å². The Bertz CT molecular complexity index is 617. The molecular weight excluding hydrogens is 250 g/mol. The molecule has 1 aromatic heterocycles. The van der Waals surface area contributed by atoms with Crippen LogP contribution in [0, 0.1) is 0 Å². The summed E-state index contributed by atoms with van der Waals surface area (Å²) in [6, 6.07) is 8.30. The first kappa shape index (κ1) is 12.9. The van der Waals surface area contributed by atoms with Gasteiger partial charge in [-0.3, -0.25) is 4.98 Å². The van der Waals surface area contributed by atoms with E-state index in [0.29, 0.717) is 11.2 Å². The number of carbonyl (C=O) groups excluding carboxylic acids is 1. The lowest BCUT2D eigenvalue weighted by Gasteiger charge is -2.10. The quantitative estimate of drug-likeness (QED) is 0.682. The van der Waals surface area contributed by atoms with Crippen LogP contribution in [-0.2, 0) is 11.2 Å². The van der Waals surface area contributed by atoms with Gasteiger partial charge in [-0.2, -0.15) is 0 Å². The number of rotatable bonds is 4. The number of carbonyl (C=O) groups is 1. The fourth-order valence-corrected chi connectivity index (χ4v) is 1.55. The number of benzene rings is 1. The summed E-state index contributed by atoms with van der Waals surface area (Å²) in [5.41, 5.74) is 5.82. The number of H-pyrrole nitrogens is 1. The molecule has 0 amide bonds. The number of hydrogen-bond acceptors (Lipinski definition) is 5. The van der Waals surface area contributed by atoms with E-state index < -0.39 is 23.6 Å². The molecule has 1 aromatic carbocycles. The van der Waals surface area contributed by atoms with Crippen molar-refractivity contribution in [3.8, 4) is 5.88 Å². The number of aromatic hydroxyl groups is 1. The van der Waals surface area contributed by atoms with Crippen molar-refractivity contribution in [2.75, 3.05) is 0 Å². The Kier molecular flexibility index (Phi) is 3.67. The SMILES string of the molecule is N[C@@H](Cc1ccccc1)C(=O)On1cc(O)[nH]c1=O. The molecule has 19 heavy (non-hydrogen) atoms. The maximum atomic E-state index is 11.7. The van der Waals surface area contributed by atoms with Crippen LogP contribution in [0.2, 0.25) is 0 Å². The van der Waals surface area contributed by atoms with E-state index in [1.165, 1.54) is 0 Å². The Morgan fingerprint density at radius 3 is 2.68 bits per heavy atom. The number of aromatic nitrogens is 2. The Morgan fingerprint density at radius 2 is 2.11 bits per heavy atom. The van der Waals surface area contributed by atoms with Crippen molar-refractivity contribution < 1.29 is 14.7 Å². The lowest BCUT2D eigenvalue weighted by Crippen LogP contribution is -2.41. The number of imidazole rings is 1. The van der Waals surface area contributed by atoms with Crippen molar-refractivity contribution in [2.24, 2.45) is 5.73 Å². The molecule has 0 aliphatic heterocycles. The van der Waals surface area contributed by atoms with Gasteiger partial charge in [0.05, 0.1) is 0 Å². The minimum Gasteiger partial charge on any atom is -0.493 e. The highest BCUT2D eigenvalue weighted by Crippen LogP contribution is 2.02. The number of nitrogens with one attached hydrogen (secondary N) is 1. The molecule has 0 aliphatic rings. The molecule has 0 saturated heterocycles. The fraction of sp³-hybridized carbons (Fsp3) is 0.167. The van der Waals surface area contributed by atoms with Gasteiger partial charge in [-0.1, -0.05) is 30.3 Å². The molecular formula is C12H13N3O4. The highest BCUT2D eigenvalue weighted by Gasteiger charge is 2.18. The second-order valence-corrected chi connectivity index (χ2v) is 3.98. The van der Waals surface area contributed by atoms with Gasteiger partial charge in [0.1, 0.15) is 12.2 Å². The van der Waals surface area contributed by atoms with E-state index >= 15 is 0 Å². The first-order chi connectivity index (χ1) is 9.06. The van der Waals surface area contributed by atoms with Crippen LogP contribution >= 0.6 is 0 Å². The third-order valence-corrected chi connectivity index (χ3v) is 2.46. The smallest absolute Gasteiger partial charge is 0.361 e. The van der Waals surface area contributed by atoms with Gasteiger partial charge in [0, 0.05) is 0 Å². The molecule has 0 bridgehead atoms. The molecule has 0 radical (unpaired) electrons. The number of nitrogens with zero attached hydrogens (tertiary/aromatic N) is 1. The zero-order valence-electron chi connectivity index (χ0n) is 9.95. The van der Waals surface area contributed by atoms with Crippen molar-refractivity contribution in [3.05, 3.63) is 52.6 Å². The Balaban J connectivity index is 2.00. The molecule has 4 N–H and O–H groups in total. The van der Waals surface area contributed by atoms with Crippen molar-refractivity contribution in [3.63, 3.8) is 0 Å². The number of hydrogen-bond donors (Lipinski definition) is 3. The molecule has 1 atom stereocenters. The highest BCUT2D eigenvalue weighted by molar-refractivity contribution is 5.76. The first-order valence-corrected chi connectivity index (χ1v) is 5.58. The zero-order valence-corrected chi connectivity index (χ0v) is 9.95. The van der Waals surface area contributed by atoms with Gasteiger partial charge in [-0.05, 0) is 12.0 Å². The average molecular weight is 263 g/mol. The van der Waals surface area contributed by atoms with Crippen LogP contribution in [0.3, 0.4) is 0 Å². The van der Waals surface area contributed by atoms with Crippen molar-refractivity contribution in [1.29, 1.82) is 0 Å². The minimum absolute atomic E-state index is 0.296. The van der Waals surface area contributed by atoms with Crippen molar-refractivity contribution in [2.45, 2.75) is 12.5 Å². The topological polar surface area (TPSA) is 110 Å². The number of aromatic amines is 1. The molecule has 7 heteroatoms. The van der Waals surface area contributed by atoms with E-state index in [1.54, 1.807) is 0 Å². The van der Waals surface area contributed by atoms with Gasteiger partial charge >= 0.3 is 11.7 Å². The van der Waals surface area contributed by atoms with Gasteiger partial charge in [0.25, 0.3) is 0 Å². The van der Waals surface area contributed by atoms with Crippen LogP contribution in [0.4, 0.5) is 0 Å². The minimum atomic E-state index is -0.897. The lowest BCUT2D eigenvalue weighted by molar-refractivity contribution is -0.146. The summed E-state index contributed by atoms with van der Waals surface area (Å²) in [7, 11) is 0. The summed E-state index contributed by atoms with van der Waals surface area (Å²) in [5, 5.41) is 9.02. The van der Waals surface area contributed by atoms with Crippen LogP contribution < -0.4 is 16.3 Å². The molecule has 2 aromatic rings. The van der Waals surface area contributed by atoms with E-state index in [2.05, 4.69) is 0 Å². The molecule has 0 aliphatic carbocycles. The Morgan fingerprint density at radius 1 is 1.42 bits per heavy atom. The molecule has 100 valence electrons. The average Bonchev–Trinajstić information content (AvgIpc) is 2.69. The molecule has 0 unspecified atom stereocenters. The second kappa shape index (κ2) is 5.40. The first-order valence-electron chi connectivity index (χ1n) is 5.58. The summed E-state index contributed by atoms with van der Waals surface area (Å²) in [5.74, 6) is -1.15. The summed E-state index contributed by atoms with van der Waals surface area (Å²) >= 11 is 0. The summed E-state index contributed by atoms with van der Waals surface area (Å²) in [4.78, 5) is 29.7. The van der Waals surface area contributed by atoms with Crippen molar-refractivity contribution in [1.82, 2.24) is 9.71 Å². The molecule has 0 spiro atoms. The third-order valence-electron chi connectivity index (χ3n) is 2.46. The van der Waals surface area contributed by atoms with Crippen LogP contribution in [-0.4, -0.2) is 26.8 Å². The van der Waals surface area contributed by atoms with Gasteiger partial charge in [-0.25, -0.2) is 9.59 Å². The zero-order chi connectivity index (χ0) is 13.8. The van der Waals surface area contributed by atoms with Crippen LogP contribution in [0.15, 0.2) is 41.3 Å². The largest absolute Gasteiger partial charge is 0.493 e. The van der Waals surface area contributed by atoms with Crippen LogP contribution in [0.1, 0.15) is 5.56 Å². The third kappa shape index (κ3) is 3.23. The molecule has 0 fully saturated rings. The number of nitrogens with two attached hydrogens (primary N) is 1. The Labute approximate surface area is 108 Å². The predicted molar refractivity (Wildman–Crippen MR) is 66.4 cm³/mol. The van der Waals surface area contributed by atoms with Gasteiger partial charge in [-0.15, -0.1) is 4.73 Å². The summed E-state index contributed by atoms with van der Waals surface area (Å²) in [6.45, 7) is 0. The van der Waals surface area contributed by atoms with Gasteiger partial charge in [0.2, 0.25) is 5.88 Å². The summed E-state index contributed by atoms with van der Waals surface area (Å²) in [6.07, 6.45) is 1.25. The van der Waals surface area contributed by atoms with E-state index in [-0.39, 0.29) is 0 Å². The standard InChI is InChI=1S/C12H13N3O4/c13-9(6-8-4-2-1-3-5-8)11(17)19-15-7-10(16)14-12(15)18/h1-5,7,9,16H,6,13H2,(H,14,18)/t9-/m0/s1. The fourth-order valence-electron chi connectivity index (χ4n) is 1.55. The molecule has 0 saturated carbocycles. The highest BCUT2D eigenvalue weighted by atomic mass is 16.7. The van der Waals surface area contributed by atoms with Gasteiger partial charge < -0.3 is 15.7 Å². The maximum absolute atomic E-state index is 11.7. The second-order valence-electron chi connectivity index (χ2n) is 3.98. The van der Waals surface area contributed by atoms with E-state index in [9.17, 15) is 9.59 Å². The van der Waals surface area contributed by atoms with Crippen LogP contribution in [0.25, 0.3) is 0 Å². The van der Waals surface area contributed by atoms with Gasteiger partial charge in [0.15, 0.2) is 0 Å². The van der Waals surface area contributed by atoms with Crippen LogP contribution in [0.5, 0.6) is 5.88 Å². The molecule has 7 nitrogen and oxygen atoms in total. The Hall–Kier alpha value is -2.54. The normalized spacial score (nSPS) is 12.1. The monoisotopic (exact) mass is 263 g/mol. The van der Waals surface area contributed by atoms with Crippen molar-refractivity contribution >= 4 is 5.97 Å². The van der Waals surface area contributed by atoms with E-state index in [4.69, 9.17) is 15.7 Å². The maximum Gasteiger partial charge on any atom is 0.361 e. The molecule has 1 heterocycles. The van der Waals surface area contributed by atoms with E-state index in [0.717, 1.165) is 11.8 Å². The molecule has 2 rings (SSSR count). The predicted octanol–water partition coefficient (Wildman–Crippen LogP) is -0.593. The lowest BCUT2D eigenvalue weighted by atomic mass is 10.1.